The van der Waals surface area contributed by atoms with Gasteiger partial charge in [-0.25, -0.2) is 0 Å². The number of carbonyl (C=O) groups excluding carboxylic acids is 2. The van der Waals surface area contributed by atoms with Gasteiger partial charge in [-0.3, -0.25) is 0 Å². The summed E-state index contributed by atoms with van der Waals surface area (Å²) in [4.78, 5) is 23.8. The molecule has 2 unspecified atom stereocenters. The third-order valence-electron chi connectivity index (χ3n) is 6.13. The van der Waals surface area contributed by atoms with Crippen LogP contribution in [0.25, 0.3) is 0 Å². The Morgan fingerprint density at radius 2 is 1.89 bits per heavy atom. The van der Waals surface area contributed by atoms with Crippen molar-refractivity contribution in [3.63, 3.8) is 0 Å². The number of alkyl halides is 5. The summed E-state index contributed by atoms with van der Waals surface area (Å²) in [6.07, 6.45) is 1.09. The molecule has 0 aromatic heterocycles. The third-order valence-corrected chi connectivity index (χ3v) is 7.53. The number of aliphatic hydroxyl groups is 1. The van der Waals surface area contributed by atoms with Crippen LogP contribution in [0.5, 0.6) is 0 Å². The van der Waals surface area contributed by atoms with Gasteiger partial charge in [0.25, 0.3) is 0 Å². The average molecular weight is 648 g/mol. The van der Waals surface area contributed by atoms with Gasteiger partial charge in [-0.1, -0.05) is 0 Å². The van der Waals surface area contributed by atoms with Crippen LogP contribution in [0.4, 0.5) is 17.6 Å². The van der Waals surface area contributed by atoms with E-state index in [1.165, 1.54) is 0 Å². The first kappa shape index (κ1) is 29.6. The quantitative estimate of drug-likeness (QED) is 0.118. The van der Waals surface area contributed by atoms with E-state index in [0.29, 0.717) is 31.2 Å². The van der Waals surface area contributed by atoms with Gasteiger partial charge in [0, 0.05) is 27.5 Å². The molecular weight excluding hydrogens is 622 g/mol. The Bertz CT molecular complexity index is 1160. The second kappa shape index (κ2) is 12.3. The van der Waals surface area contributed by atoms with Gasteiger partial charge in [0.2, 0.25) is 0 Å². The number of aliphatic hydroxyl groups excluding tert-OH is 1. The zero-order valence-electron chi connectivity index (χ0n) is 20.0. The number of hydrogen-bond acceptors (Lipinski definition) is 4. The predicted octanol–water partition coefficient (Wildman–Crippen LogP) is 4.39. The molecule has 12 heteroatoms. The molecule has 2 atom stereocenters. The van der Waals surface area contributed by atoms with E-state index >= 15 is 0 Å². The van der Waals surface area contributed by atoms with Crippen LogP contribution in [-0.4, -0.2) is 39.4 Å². The molecule has 1 saturated heterocycles. The van der Waals surface area contributed by atoms with Crippen LogP contribution in [0.15, 0.2) is 47.4 Å². The minimum absolute atomic E-state index is 0.107. The summed E-state index contributed by atoms with van der Waals surface area (Å²) in [5.41, 5.74) is 2.62. The Morgan fingerprint density at radius 3 is 2.49 bits per heavy atom. The van der Waals surface area contributed by atoms with E-state index in [0.717, 1.165) is 63.4 Å². The Hall–Kier alpha value is -1.93. The molecule has 2 aromatic carbocycles. The molecule has 0 saturated carbocycles. The number of aryl methyl sites for hydroxylation is 1. The van der Waals surface area contributed by atoms with E-state index in [4.69, 9.17) is 0 Å². The molecule has 0 radical (unpaired) electrons. The van der Waals surface area contributed by atoms with Crippen molar-refractivity contribution >= 4 is 59.1 Å². The van der Waals surface area contributed by atoms with Gasteiger partial charge in [-0.15, -0.1) is 0 Å². The summed E-state index contributed by atoms with van der Waals surface area (Å²) in [5.74, 6) is -5.67. The molecule has 3 rings (SSSR count). The molecule has 1 aliphatic heterocycles. The molecule has 3 N–H and O–H groups in total. The van der Waals surface area contributed by atoms with Crippen molar-refractivity contribution < 1.29 is 32.3 Å². The number of benzene rings is 2. The maximum atomic E-state index is 14.7. The zero-order valence-corrected chi connectivity index (χ0v) is 23.0. The third kappa shape index (κ3) is 8.03. The Kier molecular flexibility index (Phi) is 9.84. The predicted molar refractivity (Wildman–Crippen MR) is 146 cm³/mol. The van der Waals surface area contributed by atoms with Crippen molar-refractivity contribution in [2.75, 3.05) is 0 Å². The summed E-state index contributed by atoms with van der Waals surface area (Å²) in [6.45, 7) is 1.81. The fraction of sp³-hybridized carbons (Fsp3) is 0.400. The van der Waals surface area contributed by atoms with Crippen LogP contribution < -0.4 is 10.6 Å². The van der Waals surface area contributed by atoms with Gasteiger partial charge in [0.15, 0.2) is 0 Å². The second-order valence-electron chi connectivity index (χ2n) is 8.79. The SMILES string of the molecule is B=C(CC1CCC(=O)NC1O)c1ccc(CNC(=O)C(F)(F)c2ccc(SC(F)(F)I)cc2)cc1CC. The van der Waals surface area contributed by atoms with E-state index in [-0.39, 0.29) is 35.0 Å². The molecule has 5 nitrogen and oxygen atoms in total. The topological polar surface area (TPSA) is 78.4 Å². The summed E-state index contributed by atoms with van der Waals surface area (Å²) in [5, 5.41) is 14.9. The molecule has 198 valence electrons. The van der Waals surface area contributed by atoms with Crippen LogP contribution in [0.1, 0.15) is 48.4 Å². The van der Waals surface area contributed by atoms with Crippen molar-refractivity contribution in [3.05, 3.63) is 64.7 Å². The molecule has 0 bridgehead atoms. The molecule has 2 amide bonds. The van der Waals surface area contributed by atoms with Gasteiger partial charge < -0.3 is 0 Å². The monoisotopic (exact) mass is 648 g/mol. The first-order valence-corrected chi connectivity index (χ1v) is 13.5. The van der Waals surface area contributed by atoms with E-state index in [9.17, 15) is 32.3 Å². The Balaban J connectivity index is 1.63. The second-order valence-corrected chi connectivity index (χ2v) is 12.1. The number of hydrogen-bond donors (Lipinski definition) is 3. The van der Waals surface area contributed by atoms with Crippen LogP contribution >= 0.6 is 34.4 Å². The fourth-order valence-electron chi connectivity index (χ4n) is 4.15. The Morgan fingerprint density at radius 1 is 1.22 bits per heavy atom. The van der Waals surface area contributed by atoms with Crippen LogP contribution in [-0.2, 0) is 28.5 Å². The number of nitrogens with one attached hydrogen (secondary N) is 2. The molecule has 2 aromatic rings. The molecule has 1 heterocycles. The van der Waals surface area contributed by atoms with Crippen molar-refractivity contribution in [1.29, 1.82) is 0 Å². The first-order chi connectivity index (χ1) is 17.3. The van der Waals surface area contributed by atoms with Crippen molar-refractivity contribution in [1.82, 2.24) is 10.6 Å². The van der Waals surface area contributed by atoms with Gasteiger partial charge >= 0.3 is 184 Å². The van der Waals surface area contributed by atoms with Crippen LogP contribution in [0.3, 0.4) is 0 Å². The molecule has 0 spiro atoms. The molecule has 1 fully saturated rings. The van der Waals surface area contributed by atoms with Gasteiger partial charge in [-0.2, -0.15) is 8.78 Å². The van der Waals surface area contributed by atoms with Crippen molar-refractivity contribution in [3.8, 4) is 0 Å². The van der Waals surface area contributed by atoms with Crippen molar-refractivity contribution in [2.24, 2.45) is 5.92 Å². The van der Waals surface area contributed by atoms with Gasteiger partial charge in [-0.05, 0) is 11.8 Å². The number of thioether (sulfide) groups is 1. The maximum absolute atomic E-state index is 14.7. The fourth-order valence-corrected chi connectivity index (χ4v) is 5.46. The number of piperidine rings is 1. The Labute approximate surface area is 231 Å². The van der Waals surface area contributed by atoms with Gasteiger partial charge in [0.1, 0.15) is 0 Å². The molecule has 37 heavy (non-hydrogen) atoms. The number of amides is 2. The molecular formula is C25H26BF4IN2O3S. The number of rotatable bonds is 10. The standard InChI is InChI=1S/C25H26BF4IN2O3S/c1-2-15-11-14(3-9-19(15)20(26)12-16-4-10-21(34)33-22(16)35)13-32-23(36)24(27,28)17-5-7-18(8-6-17)37-25(29,30)31/h3,5-9,11,16,22,26,35H,2,4,10,12-13H2,1H3,(H,32,36)(H,33,34). The average Bonchev–Trinajstić information content (AvgIpc) is 2.83. The van der Waals surface area contributed by atoms with Crippen molar-refractivity contribution in [2.45, 2.75) is 59.5 Å². The minimum atomic E-state index is -3.84. The first-order valence-electron chi connectivity index (χ1n) is 11.6. The van der Waals surface area contributed by atoms with E-state index in [1.807, 2.05) is 19.1 Å². The zero-order chi connectivity index (χ0) is 27.4. The van der Waals surface area contributed by atoms with Crippen LogP contribution in [0.2, 0.25) is 0 Å². The van der Waals surface area contributed by atoms with Crippen LogP contribution in [0, 0.1) is 5.92 Å². The number of halogens is 5. The summed E-state index contributed by atoms with van der Waals surface area (Å²) >= 11 is 1.17. The summed E-state index contributed by atoms with van der Waals surface area (Å²) < 4.78 is 52.5. The van der Waals surface area contributed by atoms with E-state index in [2.05, 4.69) is 18.1 Å². The normalized spacial score (nSPS) is 18.3. The van der Waals surface area contributed by atoms with E-state index in [1.54, 1.807) is 6.07 Å². The molecule has 0 aliphatic carbocycles. The summed E-state index contributed by atoms with van der Waals surface area (Å²) in [6, 6.07) is 9.54. The van der Waals surface area contributed by atoms with E-state index < -0.39 is 26.9 Å². The molecule has 1 aliphatic rings. The summed E-state index contributed by atoms with van der Waals surface area (Å²) in [7, 11) is 4.14. The number of carbonyl (C=O) groups is 2. The van der Waals surface area contributed by atoms with Gasteiger partial charge in [0.05, 0.1) is 0 Å².